The smallest absolute Gasteiger partial charge is 0.264 e. The highest BCUT2D eigenvalue weighted by Gasteiger charge is 2.25. The Balaban J connectivity index is 1.48. The number of piperazine rings is 1. The van der Waals surface area contributed by atoms with Gasteiger partial charge in [0.15, 0.2) is 12.4 Å². The van der Waals surface area contributed by atoms with Gasteiger partial charge in [-0.15, -0.1) is 0 Å². The minimum Gasteiger partial charge on any atom is -0.483 e. The quantitative estimate of drug-likeness (QED) is 0.795. The summed E-state index contributed by atoms with van der Waals surface area (Å²) in [7, 11) is 2.08. The molecular weight excluding hydrogens is 304 g/mol. The number of hydrogen-bond donors (Lipinski definition) is 1. The lowest BCUT2D eigenvalue weighted by Crippen LogP contribution is -2.44. The van der Waals surface area contributed by atoms with E-state index < -0.39 is 0 Å². The van der Waals surface area contributed by atoms with Crippen LogP contribution in [0.5, 0.6) is 5.75 Å². The summed E-state index contributed by atoms with van der Waals surface area (Å²) < 4.78 is 11.3. The Morgan fingerprint density at radius 1 is 1.25 bits per heavy atom. The van der Waals surface area contributed by atoms with Crippen molar-refractivity contribution in [1.82, 2.24) is 20.4 Å². The summed E-state index contributed by atoms with van der Waals surface area (Å²) in [4.78, 5) is 6.73. The van der Waals surface area contributed by atoms with E-state index in [1.807, 2.05) is 30.3 Å². The van der Waals surface area contributed by atoms with E-state index in [1.165, 1.54) is 0 Å². The summed E-state index contributed by atoms with van der Waals surface area (Å²) in [6.07, 6.45) is 0. The van der Waals surface area contributed by atoms with Crippen LogP contribution in [0, 0.1) is 0 Å². The summed E-state index contributed by atoms with van der Waals surface area (Å²) >= 11 is 0. The average molecular weight is 324 g/mol. The molecule has 24 heavy (non-hydrogen) atoms. The molecule has 1 atom stereocenters. The summed E-state index contributed by atoms with van der Waals surface area (Å²) in [5.74, 6) is 2.03. The van der Waals surface area contributed by atoms with Crippen molar-refractivity contribution in [2.75, 3.05) is 26.7 Å². The molecule has 6 heteroatoms. The zero-order valence-corrected chi connectivity index (χ0v) is 13.6. The minimum absolute atomic E-state index is 0.147. The first-order valence-electron chi connectivity index (χ1n) is 8.15. The van der Waals surface area contributed by atoms with E-state index in [2.05, 4.69) is 39.5 Å². The van der Waals surface area contributed by atoms with Crippen LogP contribution in [-0.4, -0.2) is 41.7 Å². The Morgan fingerprint density at radius 2 is 2.12 bits per heavy atom. The predicted octanol–water partition coefficient (Wildman–Crippen LogP) is 2.38. The third-order valence-corrected chi connectivity index (χ3v) is 4.39. The van der Waals surface area contributed by atoms with E-state index >= 15 is 0 Å². The Bertz CT molecular complexity index is 827. The van der Waals surface area contributed by atoms with E-state index in [4.69, 9.17) is 9.26 Å². The van der Waals surface area contributed by atoms with E-state index in [9.17, 15) is 0 Å². The zero-order chi connectivity index (χ0) is 16.4. The minimum atomic E-state index is 0.147. The van der Waals surface area contributed by atoms with Crippen molar-refractivity contribution in [3.63, 3.8) is 0 Å². The Kier molecular flexibility index (Phi) is 4.15. The summed E-state index contributed by atoms with van der Waals surface area (Å²) in [6, 6.07) is 14.3. The number of likely N-dealkylation sites (N-methyl/N-ethyl adjacent to an activating group) is 1. The van der Waals surface area contributed by atoms with E-state index in [1.54, 1.807) is 0 Å². The molecule has 1 fully saturated rings. The molecular formula is C18H20N4O2. The maximum atomic E-state index is 5.91. The van der Waals surface area contributed by atoms with Gasteiger partial charge in [-0.05, 0) is 18.5 Å². The first-order chi connectivity index (χ1) is 11.8. The third kappa shape index (κ3) is 2.98. The molecule has 1 aliphatic rings. The van der Waals surface area contributed by atoms with Gasteiger partial charge < -0.3 is 14.6 Å². The molecule has 2 heterocycles. The average Bonchev–Trinajstić information content (AvgIpc) is 3.09. The molecule has 0 bridgehead atoms. The summed E-state index contributed by atoms with van der Waals surface area (Å²) in [6.45, 7) is 3.06. The third-order valence-electron chi connectivity index (χ3n) is 4.39. The van der Waals surface area contributed by atoms with Gasteiger partial charge in [-0.2, -0.15) is 4.98 Å². The van der Waals surface area contributed by atoms with Crippen LogP contribution >= 0.6 is 0 Å². The second-order valence-corrected chi connectivity index (χ2v) is 6.01. The number of aromatic nitrogens is 2. The fourth-order valence-electron chi connectivity index (χ4n) is 3.02. The molecule has 0 amide bonds. The van der Waals surface area contributed by atoms with Crippen LogP contribution in [0.1, 0.15) is 17.8 Å². The van der Waals surface area contributed by atoms with E-state index in [0.717, 1.165) is 36.2 Å². The number of fused-ring (bicyclic) bond motifs is 1. The molecule has 1 saturated heterocycles. The van der Waals surface area contributed by atoms with Gasteiger partial charge >= 0.3 is 0 Å². The van der Waals surface area contributed by atoms with Gasteiger partial charge in [-0.3, -0.25) is 4.90 Å². The largest absolute Gasteiger partial charge is 0.483 e. The van der Waals surface area contributed by atoms with Gasteiger partial charge in [0.1, 0.15) is 5.75 Å². The molecule has 0 saturated carbocycles. The molecule has 0 radical (unpaired) electrons. The second-order valence-electron chi connectivity index (χ2n) is 6.01. The van der Waals surface area contributed by atoms with E-state index in [0.29, 0.717) is 11.7 Å². The maximum absolute atomic E-state index is 5.91. The van der Waals surface area contributed by atoms with Crippen molar-refractivity contribution in [2.45, 2.75) is 12.6 Å². The zero-order valence-electron chi connectivity index (χ0n) is 13.6. The lowest BCUT2D eigenvalue weighted by Gasteiger charge is -2.30. The number of hydrogen-bond acceptors (Lipinski definition) is 6. The van der Waals surface area contributed by atoms with Gasteiger partial charge in [0.05, 0.1) is 6.04 Å². The summed E-state index contributed by atoms with van der Waals surface area (Å²) in [5, 5.41) is 9.70. The molecule has 1 unspecified atom stereocenters. The lowest BCUT2D eigenvalue weighted by molar-refractivity contribution is 0.189. The number of ether oxygens (including phenoxy) is 1. The maximum Gasteiger partial charge on any atom is 0.264 e. The number of nitrogens with zero attached hydrogens (tertiary/aromatic N) is 3. The van der Waals surface area contributed by atoms with Gasteiger partial charge in [-0.25, -0.2) is 0 Å². The molecule has 0 aliphatic carbocycles. The van der Waals surface area contributed by atoms with Gasteiger partial charge in [0, 0.05) is 25.0 Å². The van der Waals surface area contributed by atoms with Crippen LogP contribution in [0.3, 0.4) is 0 Å². The monoisotopic (exact) mass is 324 g/mol. The van der Waals surface area contributed by atoms with Crippen LogP contribution in [0.4, 0.5) is 0 Å². The molecule has 1 aliphatic heterocycles. The highest BCUT2D eigenvalue weighted by molar-refractivity contribution is 5.88. The molecule has 3 aromatic rings. The molecule has 1 aromatic heterocycles. The first-order valence-corrected chi connectivity index (χ1v) is 8.15. The van der Waals surface area contributed by atoms with Crippen molar-refractivity contribution in [1.29, 1.82) is 0 Å². The Morgan fingerprint density at radius 3 is 3.04 bits per heavy atom. The van der Waals surface area contributed by atoms with E-state index in [-0.39, 0.29) is 12.6 Å². The fourth-order valence-corrected chi connectivity index (χ4v) is 3.02. The van der Waals surface area contributed by atoms with Crippen molar-refractivity contribution in [3.8, 4) is 5.75 Å². The van der Waals surface area contributed by atoms with Crippen LogP contribution in [0.2, 0.25) is 0 Å². The van der Waals surface area contributed by atoms with Crippen LogP contribution in [-0.2, 0) is 6.61 Å². The summed E-state index contributed by atoms with van der Waals surface area (Å²) in [5.41, 5.74) is 0. The van der Waals surface area contributed by atoms with Crippen molar-refractivity contribution >= 4 is 10.8 Å². The highest BCUT2D eigenvalue weighted by Crippen LogP contribution is 2.26. The molecule has 4 rings (SSSR count). The Labute approximate surface area is 140 Å². The molecule has 0 spiro atoms. The van der Waals surface area contributed by atoms with Crippen LogP contribution < -0.4 is 10.1 Å². The van der Waals surface area contributed by atoms with Crippen LogP contribution in [0.25, 0.3) is 10.8 Å². The van der Waals surface area contributed by atoms with Crippen molar-refractivity contribution in [3.05, 3.63) is 54.2 Å². The molecule has 124 valence electrons. The van der Waals surface area contributed by atoms with Gasteiger partial charge in [-0.1, -0.05) is 41.6 Å². The first kappa shape index (κ1) is 15.1. The Hall–Kier alpha value is -2.44. The predicted molar refractivity (Wildman–Crippen MR) is 90.8 cm³/mol. The normalized spacial score (nSPS) is 18.8. The number of rotatable bonds is 4. The second kappa shape index (κ2) is 6.59. The number of nitrogens with one attached hydrogen (secondary N) is 1. The van der Waals surface area contributed by atoms with Crippen molar-refractivity contribution < 1.29 is 9.26 Å². The number of benzene rings is 2. The topological polar surface area (TPSA) is 63.4 Å². The standard InChI is InChI=1S/C18H20N4O2/c1-22-10-9-19-11-15(22)18-20-17(24-21-18)12-23-16-8-4-6-13-5-2-3-7-14(13)16/h2-8,15,19H,9-12H2,1H3. The lowest BCUT2D eigenvalue weighted by atomic mass is 10.1. The van der Waals surface area contributed by atoms with Crippen LogP contribution in [0.15, 0.2) is 47.0 Å². The molecule has 6 nitrogen and oxygen atoms in total. The fraction of sp³-hybridized carbons (Fsp3) is 0.333. The molecule has 1 N–H and O–H groups in total. The van der Waals surface area contributed by atoms with Gasteiger partial charge in [0.25, 0.3) is 5.89 Å². The molecule has 2 aromatic carbocycles. The highest BCUT2D eigenvalue weighted by atomic mass is 16.5. The van der Waals surface area contributed by atoms with Crippen molar-refractivity contribution in [2.24, 2.45) is 0 Å². The SMILES string of the molecule is CN1CCNCC1c1noc(COc2cccc3ccccc23)n1. The van der Waals surface area contributed by atoms with Gasteiger partial charge in [0.2, 0.25) is 0 Å².